The van der Waals surface area contributed by atoms with E-state index in [-0.39, 0.29) is 24.2 Å². The molecule has 3 aromatic rings. The zero-order chi connectivity index (χ0) is 24.6. The summed E-state index contributed by atoms with van der Waals surface area (Å²) in [5, 5.41) is 1.73. The molecular weight excluding hydrogens is 459 g/mol. The number of amidine groups is 1. The molecule has 184 valence electrons. The Morgan fingerprint density at radius 3 is 2.36 bits per heavy atom. The third-order valence-corrected chi connectivity index (χ3v) is 7.17. The number of carbonyl (C=O) groups is 2. The summed E-state index contributed by atoms with van der Waals surface area (Å²) in [5.74, 6) is -0.874. The lowest BCUT2D eigenvalue weighted by Crippen LogP contribution is -2.45. The summed E-state index contributed by atoms with van der Waals surface area (Å²) in [4.78, 5) is 37.0. The van der Waals surface area contributed by atoms with E-state index in [1.807, 2.05) is 35.2 Å². The quantitative estimate of drug-likeness (QED) is 0.494. The highest BCUT2D eigenvalue weighted by molar-refractivity contribution is 6.26. The molecule has 0 saturated carbocycles. The maximum absolute atomic E-state index is 13.5. The van der Waals surface area contributed by atoms with Gasteiger partial charge in [-0.25, -0.2) is 4.39 Å². The number of anilines is 1. The fourth-order valence-electron chi connectivity index (χ4n) is 5.34. The van der Waals surface area contributed by atoms with Crippen LogP contribution in [0.4, 0.5) is 15.8 Å². The van der Waals surface area contributed by atoms with Crippen LogP contribution < -0.4 is 4.90 Å². The van der Waals surface area contributed by atoms with Crippen LogP contribution in [0, 0.1) is 5.82 Å². The predicted octanol–water partition coefficient (Wildman–Crippen LogP) is 4.59. The summed E-state index contributed by atoms with van der Waals surface area (Å²) in [5.41, 5.74) is 2.81. The van der Waals surface area contributed by atoms with Gasteiger partial charge in [0.25, 0.3) is 17.8 Å². The summed E-state index contributed by atoms with van der Waals surface area (Å²) in [6.07, 6.45) is 3.55. The van der Waals surface area contributed by atoms with Gasteiger partial charge in [-0.15, -0.1) is 0 Å². The second kappa shape index (κ2) is 9.26. The van der Waals surface area contributed by atoms with Crippen molar-refractivity contribution in [3.05, 3.63) is 71.5 Å². The van der Waals surface area contributed by atoms with Gasteiger partial charge in [-0.3, -0.25) is 14.5 Å². The standard InChI is InChI=1S/C28H27FN4O3/c29-19-7-9-20(10-8-19)30-28-32(17-18-36-28)15-16-33-26(34)22-6-4-5-21-24(31-13-2-1-3-14-31)12-11-23(25(21)22)27(33)35/h4-12H,1-3,13-18H2. The second-order valence-electron chi connectivity index (χ2n) is 9.38. The summed E-state index contributed by atoms with van der Waals surface area (Å²) >= 11 is 0. The number of rotatable bonds is 5. The van der Waals surface area contributed by atoms with Gasteiger partial charge in [0.1, 0.15) is 12.4 Å². The Labute approximate surface area is 208 Å². The third kappa shape index (κ3) is 3.96. The molecule has 0 unspecified atom stereocenters. The lowest BCUT2D eigenvalue weighted by Gasteiger charge is -2.33. The molecule has 36 heavy (non-hydrogen) atoms. The minimum absolute atomic E-state index is 0.215. The Kier molecular flexibility index (Phi) is 5.79. The highest BCUT2D eigenvalue weighted by Crippen LogP contribution is 2.36. The average molecular weight is 487 g/mol. The highest BCUT2D eigenvalue weighted by atomic mass is 19.1. The Morgan fingerprint density at radius 2 is 1.58 bits per heavy atom. The summed E-state index contributed by atoms with van der Waals surface area (Å²) < 4.78 is 18.9. The monoisotopic (exact) mass is 486 g/mol. The predicted molar refractivity (Wildman–Crippen MR) is 136 cm³/mol. The van der Waals surface area contributed by atoms with E-state index in [9.17, 15) is 14.0 Å². The van der Waals surface area contributed by atoms with Gasteiger partial charge in [-0.2, -0.15) is 4.99 Å². The number of hydrogen-bond donors (Lipinski definition) is 0. The molecule has 3 aromatic carbocycles. The molecule has 0 aromatic heterocycles. The first-order valence-corrected chi connectivity index (χ1v) is 12.5. The molecule has 6 rings (SSSR count). The number of amides is 2. The molecule has 0 radical (unpaired) electrons. The van der Waals surface area contributed by atoms with Gasteiger partial charge in [0.05, 0.1) is 12.2 Å². The van der Waals surface area contributed by atoms with E-state index < -0.39 is 0 Å². The number of imide groups is 1. The third-order valence-electron chi connectivity index (χ3n) is 7.17. The van der Waals surface area contributed by atoms with Crippen LogP contribution in [0.5, 0.6) is 0 Å². The van der Waals surface area contributed by atoms with E-state index in [4.69, 9.17) is 4.74 Å². The first kappa shape index (κ1) is 22.5. The molecule has 3 heterocycles. The number of aliphatic imine (C=N–C) groups is 1. The van der Waals surface area contributed by atoms with E-state index in [2.05, 4.69) is 9.89 Å². The molecule has 3 aliphatic heterocycles. The minimum atomic E-state index is -0.330. The van der Waals surface area contributed by atoms with Crippen LogP contribution in [0.1, 0.15) is 40.0 Å². The van der Waals surface area contributed by atoms with Crippen molar-refractivity contribution in [3.8, 4) is 0 Å². The van der Waals surface area contributed by atoms with Crippen molar-refractivity contribution >= 4 is 40.0 Å². The number of carbonyl (C=O) groups excluding carboxylic acids is 2. The van der Waals surface area contributed by atoms with Crippen LogP contribution >= 0.6 is 0 Å². The molecule has 0 atom stereocenters. The van der Waals surface area contributed by atoms with E-state index in [0.29, 0.717) is 42.5 Å². The summed E-state index contributed by atoms with van der Waals surface area (Å²) in [7, 11) is 0. The van der Waals surface area contributed by atoms with E-state index >= 15 is 0 Å². The number of nitrogens with zero attached hydrogens (tertiary/aromatic N) is 4. The number of piperidine rings is 1. The molecule has 2 fully saturated rings. The van der Waals surface area contributed by atoms with Gasteiger partial charge in [0.2, 0.25) is 0 Å². The Hall–Kier alpha value is -3.94. The number of halogens is 1. The maximum Gasteiger partial charge on any atom is 0.292 e. The molecule has 7 nitrogen and oxygen atoms in total. The van der Waals surface area contributed by atoms with Gasteiger partial charge >= 0.3 is 0 Å². The van der Waals surface area contributed by atoms with Gasteiger partial charge in [-0.05, 0) is 61.7 Å². The van der Waals surface area contributed by atoms with Crippen molar-refractivity contribution in [1.29, 1.82) is 0 Å². The molecule has 3 aliphatic rings. The second-order valence-corrected chi connectivity index (χ2v) is 9.38. The fourth-order valence-corrected chi connectivity index (χ4v) is 5.34. The molecular formula is C28H27FN4O3. The average Bonchev–Trinajstić information content (AvgIpc) is 3.35. The van der Waals surface area contributed by atoms with Gasteiger partial charge < -0.3 is 14.5 Å². The minimum Gasteiger partial charge on any atom is -0.463 e. The Bertz CT molecular complexity index is 1340. The molecule has 0 bridgehead atoms. The fraction of sp³-hybridized carbons (Fsp3) is 0.321. The van der Waals surface area contributed by atoms with Crippen LogP contribution in [-0.2, 0) is 4.74 Å². The van der Waals surface area contributed by atoms with Gasteiger partial charge in [0, 0.05) is 53.8 Å². The van der Waals surface area contributed by atoms with Gasteiger partial charge in [-0.1, -0.05) is 12.1 Å². The smallest absolute Gasteiger partial charge is 0.292 e. The molecule has 0 aliphatic carbocycles. The van der Waals surface area contributed by atoms with E-state index in [1.54, 1.807) is 12.1 Å². The Balaban J connectivity index is 1.25. The first-order chi connectivity index (χ1) is 17.6. The number of hydrogen-bond acceptors (Lipinski definition) is 5. The number of benzene rings is 3. The topological polar surface area (TPSA) is 65.5 Å². The highest BCUT2D eigenvalue weighted by Gasteiger charge is 2.34. The summed E-state index contributed by atoms with van der Waals surface area (Å²) in [6.45, 7) is 3.66. The van der Waals surface area contributed by atoms with Crippen LogP contribution in [0.3, 0.4) is 0 Å². The van der Waals surface area contributed by atoms with Crippen LogP contribution in [0.25, 0.3) is 10.8 Å². The zero-order valence-electron chi connectivity index (χ0n) is 20.0. The SMILES string of the molecule is O=C1c2cccc3c(N4CCCCC4)ccc(c23)C(=O)N1CCN1CCOC1=Nc1ccc(F)cc1. The van der Waals surface area contributed by atoms with Crippen molar-refractivity contribution in [2.24, 2.45) is 4.99 Å². The van der Waals surface area contributed by atoms with Crippen LogP contribution in [0.15, 0.2) is 59.6 Å². The van der Waals surface area contributed by atoms with E-state index in [0.717, 1.165) is 42.4 Å². The van der Waals surface area contributed by atoms with Crippen molar-refractivity contribution < 1.29 is 18.7 Å². The normalized spacial score (nSPS) is 18.9. The zero-order valence-corrected chi connectivity index (χ0v) is 20.0. The molecule has 8 heteroatoms. The van der Waals surface area contributed by atoms with E-state index in [1.165, 1.54) is 23.5 Å². The Morgan fingerprint density at radius 1 is 0.833 bits per heavy atom. The molecule has 2 amide bonds. The summed E-state index contributed by atoms with van der Waals surface area (Å²) in [6, 6.07) is 15.9. The first-order valence-electron chi connectivity index (χ1n) is 12.5. The van der Waals surface area contributed by atoms with Crippen molar-refractivity contribution in [2.45, 2.75) is 19.3 Å². The molecule has 0 N–H and O–H groups in total. The largest absolute Gasteiger partial charge is 0.463 e. The van der Waals surface area contributed by atoms with Crippen LogP contribution in [0.2, 0.25) is 0 Å². The van der Waals surface area contributed by atoms with Crippen molar-refractivity contribution in [2.75, 3.05) is 44.2 Å². The van der Waals surface area contributed by atoms with Crippen LogP contribution in [-0.4, -0.2) is 67.0 Å². The lowest BCUT2D eigenvalue weighted by molar-refractivity contribution is 0.0603. The van der Waals surface area contributed by atoms with Crippen molar-refractivity contribution in [1.82, 2.24) is 9.80 Å². The number of ether oxygens (including phenoxy) is 1. The maximum atomic E-state index is 13.5. The van der Waals surface area contributed by atoms with Crippen molar-refractivity contribution in [3.63, 3.8) is 0 Å². The van der Waals surface area contributed by atoms with Gasteiger partial charge in [0.15, 0.2) is 0 Å². The lowest BCUT2D eigenvalue weighted by atomic mass is 9.92. The molecule has 0 spiro atoms. The molecule has 2 saturated heterocycles.